The lowest BCUT2D eigenvalue weighted by atomic mass is 10.4. The van der Waals surface area contributed by atoms with Crippen LogP contribution in [0.15, 0.2) is 6.20 Å². The van der Waals surface area contributed by atoms with Gasteiger partial charge in [0.2, 0.25) is 0 Å². The molecule has 0 amide bonds. The topological polar surface area (TPSA) is 25.8 Å². The molecule has 0 aliphatic rings. The Balaban J connectivity index is 0.000000461. The van der Waals surface area contributed by atoms with Crippen LogP contribution in [0.3, 0.4) is 0 Å². The van der Waals surface area contributed by atoms with E-state index in [1.54, 1.807) is 6.20 Å². The van der Waals surface area contributed by atoms with Crippen molar-refractivity contribution in [2.75, 3.05) is 0 Å². The van der Waals surface area contributed by atoms with Gasteiger partial charge in [-0.05, 0) is 13.8 Å². The van der Waals surface area contributed by atoms with Crippen LogP contribution in [0, 0.1) is 13.8 Å². The van der Waals surface area contributed by atoms with E-state index >= 15 is 0 Å². The highest BCUT2D eigenvalue weighted by Gasteiger charge is 1.92. The van der Waals surface area contributed by atoms with Crippen LogP contribution in [0.2, 0.25) is 0 Å². The Labute approximate surface area is 70.7 Å². The first kappa shape index (κ1) is 10.5. The average Bonchev–Trinajstić information content (AvgIpc) is 2.02. The third-order valence-electron chi connectivity index (χ3n) is 1.11. The Kier molecular flexibility index (Phi) is 4.97. The summed E-state index contributed by atoms with van der Waals surface area (Å²) >= 11 is 0. The number of aryl methyl sites for hydroxylation is 2. The molecule has 3 heteroatoms. The SMILES string of the molecule is CC.Cc1cnc(C)c(P)n1. The lowest BCUT2D eigenvalue weighted by Crippen LogP contribution is -2.06. The molecule has 0 saturated carbocycles. The highest BCUT2D eigenvalue weighted by atomic mass is 31.0. The zero-order valence-electron chi connectivity index (χ0n) is 7.55. The molecule has 1 rings (SSSR count). The van der Waals surface area contributed by atoms with Crippen molar-refractivity contribution >= 4 is 14.7 Å². The van der Waals surface area contributed by atoms with Gasteiger partial charge >= 0.3 is 0 Å². The Morgan fingerprint density at radius 1 is 1.27 bits per heavy atom. The first-order valence-corrected chi connectivity index (χ1v) is 4.33. The molecule has 1 aromatic rings. The lowest BCUT2D eigenvalue weighted by molar-refractivity contribution is 1.10. The predicted octanol–water partition coefficient (Wildman–Crippen LogP) is 1.62. The summed E-state index contributed by atoms with van der Waals surface area (Å²) in [6, 6.07) is 0. The zero-order valence-corrected chi connectivity index (χ0v) is 8.70. The molecule has 11 heavy (non-hydrogen) atoms. The fourth-order valence-electron chi connectivity index (χ4n) is 0.556. The van der Waals surface area contributed by atoms with E-state index in [-0.39, 0.29) is 0 Å². The van der Waals surface area contributed by atoms with Crippen molar-refractivity contribution in [2.24, 2.45) is 0 Å². The van der Waals surface area contributed by atoms with E-state index in [1.165, 1.54) is 0 Å². The average molecular weight is 170 g/mol. The van der Waals surface area contributed by atoms with Crippen LogP contribution in [-0.2, 0) is 0 Å². The molecule has 1 aromatic heterocycles. The van der Waals surface area contributed by atoms with Crippen LogP contribution in [0.5, 0.6) is 0 Å². The molecule has 1 atom stereocenters. The summed E-state index contributed by atoms with van der Waals surface area (Å²) < 4.78 is 0. The summed E-state index contributed by atoms with van der Waals surface area (Å²) in [6.07, 6.45) is 1.77. The third kappa shape index (κ3) is 3.43. The van der Waals surface area contributed by atoms with E-state index in [9.17, 15) is 0 Å². The van der Waals surface area contributed by atoms with Gasteiger partial charge < -0.3 is 0 Å². The molecule has 0 saturated heterocycles. The minimum absolute atomic E-state index is 0.940. The van der Waals surface area contributed by atoms with Gasteiger partial charge in [-0.1, -0.05) is 23.1 Å². The summed E-state index contributed by atoms with van der Waals surface area (Å²) in [7, 11) is 2.55. The molecule has 0 aliphatic heterocycles. The molecule has 1 unspecified atom stereocenters. The van der Waals surface area contributed by atoms with Gasteiger partial charge in [0.05, 0.1) is 16.8 Å². The highest BCUT2D eigenvalue weighted by Crippen LogP contribution is 1.92. The largest absolute Gasteiger partial charge is 0.257 e. The number of rotatable bonds is 0. The fraction of sp³-hybridized carbons (Fsp3) is 0.500. The zero-order chi connectivity index (χ0) is 8.85. The predicted molar refractivity (Wildman–Crippen MR) is 52.2 cm³/mol. The number of aromatic nitrogens is 2. The number of hydrogen-bond acceptors (Lipinski definition) is 2. The molecule has 0 aliphatic carbocycles. The van der Waals surface area contributed by atoms with Crippen LogP contribution < -0.4 is 5.44 Å². The number of hydrogen-bond donors (Lipinski definition) is 0. The first-order chi connectivity index (χ1) is 5.20. The first-order valence-electron chi connectivity index (χ1n) is 3.76. The second kappa shape index (κ2) is 5.20. The van der Waals surface area contributed by atoms with E-state index in [2.05, 4.69) is 19.2 Å². The standard InChI is InChI=1S/C6H9N2P.C2H6/c1-4-3-7-5(2)6(9)8-4;1-2/h3H,9H2,1-2H3;1-2H3. The molecule has 1 heterocycles. The van der Waals surface area contributed by atoms with Crippen LogP contribution in [0.1, 0.15) is 25.2 Å². The Bertz CT molecular complexity index is 223. The normalized spacial score (nSPS) is 8.45. The summed E-state index contributed by atoms with van der Waals surface area (Å²) in [4.78, 5) is 8.27. The molecule has 0 bridgehead atoms. The van der Waals surface area contributed by atoms with E-state index in [4.69, 9.17) is 0 Å². The monoisotopic (exact) mass is 170 g/mol. The van der Waals surface area contributed by atoms with Crippen molar-refractivity contribution in [1.82, 2.24) is 9.97 Å². The van der Waals surface area contributed by atoms with Gasteiger partial charge in [0.25, 0.3) is 0 Å². The molecule has 0 radical (unpaired) electrons. The maximum atomic E-state index is 4.17. The van der Waals surface area contributed by atoms with Crippen molar-refractivity contribution in [3.63, 3.8) is 0 Å². The Morgan fingerprint density at radius 2 is 1.82 bits per heavy atom. The number of nitrogens with zero attached hydrogens (tertiary/aromatic N) is 2. The molecule has 0 aromatic carbocycles. The summed E-state index contributed by atoms with van der Waals surface area (Å²) in [5.74, 6) is 0. The molecule has 0 fully saturated rings. The van der Waals surface area contributed by atoms with Crippen molar-refractivity contribution < 1.29 is 0 Å². The van der Waals surface area contributed by atoms with E-state index in [0.717, 1.165) is 16.8 Å². The van der Waals surface area contributed by atoms with Crippen LogP contribution >= 0.6 is 9.24 Å². The van der Waals surface area contributed by atoms with Crippen LogP contribution in [0.25, 0.3) is 0 Å². The summed E-state index contributed by atoms with van der Waals surface area (Å²) in [5.41, 5.74) is 2.88. The second-order valence-electron chi connectivity index (χ2n) is 1.98. The quantitative estimate of drug-likeness (QED) is 0.553. The maximum Gasteiger partial charge on any atom is 0.0783 e. The van der Waals surface area contributed by atoms with Crippen molar-refractivity contribution in [1.29, 1.82) is 0 Å². The molecular weight excluding hydrogens is 155 g/mol. The molecule has 0 spiro atoms. The Hall–Kier alpha value is -0.490. The van der Waals surface area contributed by atoms with Crippen molar-refractivity contribution in [3.05, 3.63) is 17.6 Å². The Morgan fingerprint density at radius 3 is 2.18 bits per heavy atom. The second-order valence-corrected chi connectivity index (χ2v) is 2.53. The molecular formula is C8H15N2P. The van der Waals surface area contributed by atoms with E-state index in [1.807, 2.05) is 27.7 Å². The van der Waals surface area contributed by atoms with Crippen LogP contribution in [-0.4, -0.2) is 9.97 Å². The van der Waals surface area contributed by atoms with Gasteiger partial charge in [-0.2, -0.15) is 0 Å². The van der Waals surface area contributed by atoms with Gasteiger partial charge in [-0.25, -0.2) is 0 Å². The summed E-state index contributed by atoms with van der Waals surface area (Å²) in [5, 5.41) is 0. The van der Waals surface area contributed by atoms with Crippen molar-refractivity contribution in [3.8, 4) is 0 Å². The highest BCUT2D eigenvalue weighted by molar-refractivity contribution is 7.27. The minimum Gasteiger partial charge on any atom is -0.257 e. The van der Waals surface area contributed by atoms with Gasteiger partial charge in [0, 0.05) is 6.20 Å². The summed E-state index contributed by atoms with van der Waals surface area (Å²) in [6.45, 7) is 7.87. The minimum atomic E-state index is 0.940. The van der Waals surface area contributed by atoms with Crippen molar-refractivity contribution in [2.45, 2.75) is 27.7 Å². The molecule has 62 valence electrons. The fourth-order valence-corrected chi connectivity index (χ4v) is 0.834. The van der Waals surface area contributed by atoms with E-state index in [0.29, 0.717) is 0 Å². The van der Waals surface area contributed by atoms with Gasteiger partial charge in [-0.15, -0.1) is 0 Å². The maximum absolute atomic E-state index is 4.17. The lowest BCUT2D eigenvalue weighted by Gasteiger charge is -1.96. The van der Waals surface area contributed by atoms with Gasteiger partial charge in [-0.3, -0.25) is 9.97 Å². The van der Waals surface area contributed by atoms with E-state index < -0.39 is 0 Å². The van der Waals surface area contributed by atoms with Gasteiger partial charge in [0.1, 0.15) is 0 Å². The molecule has 0 N–H and O–H groups in total. The molecule has 2 nitrogen and oxygen atoms in total. The third-order valence-corrected chi connectivity index (χ3v) is 1.66. The van der Waals surface area contributed by atoms with Gasteiger partial charge in [0.15, 0.2) is 0 Å². The smallest absolute Gasteiger partial charge is 0.0783 e. The van der Waals surface area contributed by atoms with Crippen LogP contribution in [0.4, 0.5) is 0 Å².